The van der Waals surface area contributed by atoms with Gasteiger partial charge in [-0.25, -0.2) is 0 Å². The Morgan fingerprint density at radius 1 is 1.36 bits per heavy atom. The molecular weight excluding hydrogens is 154 g/mol. The number of amides is 2. The third-order valence-electron chi connectivity index (χ3n) is 0.852. The van der Waals surface area contributed by atoms with Crippen molar-refractivity contribution >= 4 is 12.0 Å². The molecule has 0 radical (unpaired) electrons. The monoisotopic (exact) mass is 154 g/mol. The minimum atomic E-state index is -0.755. The van der Waals surface area contributed by atoms with Crippen molar-refractivity contribution in [1.82, 2.24) is 0 Å². The first-order valence-electron chi connectivity index (χ1n) is 2.49. The molecule has 0 atom stereocenters. The van der Waals surface area contributed by atoms with Crippen LogP contribution >= 0.6 is 0 Å². The molecule has 9 heteroatoms. The molecule has 0 unspecified atom stereocenters. The molecule has 9 nitrogen and oxygen atoms in total. The Morgan fingerprint density at radius 2 is 2.09 bits per heavy atom. The summed E-state index contributed by atoms with van der Waals surface area (Å²) < 4.78 is 0. The van der Waals surface area contributed by atoms with Crippen molar-refractivity contribution < 1.29 is 14.6 Å². The van der Waals surface area contributed by atoms with E-state index in [9.17, 15) is 4.79 Å². The maximum Gasteiger partial charge on any atom is 0.501 e. The average molecular weight is 154 g/mol. The Labute approximate surface area is 59.3 Å². The number of carbonyl (C=O) groups is 1. The number of hydrogen-bond acceptors (Lipinski definition) is 4. The number of hydroxylamine groups is 1. The molecule has 2 aliphatic heterocycles. The Kier molecular flexibility index (Phi) is 1.02. The van der Waals surface area contributed by atoms with Crippen LogP contribution in [0.3, 0.4) is 0 Å². The first kappa shape index (κ1) is 5.70. The molecule has 1 saturated heterocycles. The van der Waals surface area contributed by atoms with Crippen LogP contribution < -0.4 is 0 Å². The SMILES string of the molecule is O=C1[N-]O[N+](=C2N=NN=N2)[N-]1. The summed E-state index contributed by atoms with van der Waals surface area (Å²) in [5, 5.41) is 13.0. The molecule has 0 N–H and O–H groups in total. The van der Waals surface area contributed by atoms with Gasteiger partial charge in [-0.3, -0.25) is 0 Å². The minimum absolute atomic E-state index is 0.0281. The van der Waals surface area contributed by atoms with Crippen LogP contribution in [0, 0.1) is 0 Å². The highest BCUT2D eigenvalue weighted by molar-refractivity contribution is 5.96. The molecule has 2 amide bonds. The van der Waals surface area contributed by atoms with E-state index in [0.717, 1.165) is 4.85 Å². The summed E-state index contributed by atoms with van der Waals surface area (Å²) in [5.74, 6) is -0.0281. The maximum absolute atomic E-state index is 10.4. The van der Waals surface area contributed by atoms with Gasteiger partial charge in [-0.1, -0.05) is 0 Å². The van der Waals surface area contributed by atoms with Gasteiger partial charge in [0.15, 0.2) is 0 Å². The van der Waals surface area contributed by atoms with Crippen LogP contribution in [0.5, 0.6) is 0 Å². The molecule has 0 bridgehead atoms. The van der Waals surface area contributed by atoms with Gasteiger partial charge in [-0.05, 0) is 0 Å². The zero-order chi connectivity index (χ0) is 7.68. The largest absolute Gasteiger partial charge is 0.501 e. The van der Waals surface area contributed by atoms with Crippen LogP contribution in [0.2, 0.25) is 0 Å². The molecule has 2 rings (SSSR count). The summed E-state index contributed by atoms with van der Waals surface area (Å²) in [6.07, 6.45) is 0. The third kappa shape index (κ3) is 0.870. The van der Waals surface area contributed by atoms with Crippen LogP contribution in [0.1, 0.15) is 0 Å². The summed E-state index contributed by atoms with van der Waals surface area (Å²) in [4.78, 5) is 15.4. The smallest absolute Gasteiger partial charge is 0.472 e. The summed E-state index contributed by atoms with van der Waals surface area (Å²) in [5.41, 5.74) is 6.19. The Morgan fingerprint density at radius 3 is 2.64 bits per heavy atom. The highest BCUT2D eigenvalue weighted by atomic mass is 16.8. The zero-order valence-electron chi connectivity index (χ0n) is 4.95. The molecule has 0 saturated carbocycles. The van der Waals surface area contributed by atoms with E-state index in [2.05, 4.69) is 36.5 Å². The van der Waals surface area contributed by atoms with Gasteiger partial charge in [-0.2, -0.15) is 0 Å². The molecule has 0 aromatic carbocycles. The number of carbonyl (C=O) groups excluding carboxylic acids is 1. The van der Waals surface area contributed by atoms with E-state index in [1.807, 2.05) is 0 Å². The first-order chi connectivity index (χ1) is 5.36. The predicted molar refractivity (Wildman–Crippen MR) is 28.2 cm³/mol. The van der Waals surface area contributed by atoms with Gasteiger partial charge in [0.25, 0.3) is 0 Å². The van der Waals surface area contributed by atoms with Gasteiger partial charge < -0.3 is 20.6 Å². The number of guanidine groups is 1. The van der Waals surface area contributed by atoms with Crippen molar-refractivity contribution in [2.24, 2.45) is 20.7 Å². The number of urea groups is 1. The molecule has 0 spiro atoms. The van der Waals surface area contributed by atoms with Crippen molar-refractivity contribution in [3.63, 3.8) is 0 Å². The molecule has 2 aliphatic rings. The van der Waals surface area contributed by atoms with Gasteiger partial charge >= 0.3 is 5.96 Å². The quantitative estimate of drug-likeness (QED) is 0.481. The Hall–Kier alpha value is -2.06. The highest BCUT2D eigenvalue weighted by Gasteiger charge is 2.16. The molecule has 2 heterocycles. The standard InChI is InChI=1S/C2HN7O2/c10-2-5-9(11-6-2)1-3-7-8-4-1/h(H,6,10)/p-1. The van der Waals surface area contributed by atoms with Crippen LogP contribution in [-0.2, 0) is 4.94 Å². The second-order valence-corrected chi connectivity index (χ2v) is 1.51. The fourth-order valence-electron chi connectivity index (χ4n) is 0.486. The third-order valence-corrected chi connectivity index (χ3v) is 0.852. The average Bonchev–Trinajstić information content (AvgIpc) is 2.55. The van der Waals surface area contributed by atoms with E-state index in [1.54, 1.807) is 0 Å². The van der Waals surface area contributed by atoms with Gasteiger partial charge in [-0.15, -0.1) is 4.85 Å². The van der Waals surface area contributed by atoms with Crippen molar-refractivity contribution in [3.8, 4) is 0 Å². The summed E-state index contributed by atoms with van der Waals surface area (Å²) in [6.45, 7) is 0. The second kappa shape index (κ2) is 1.97. The van der Waals surface area contributed by atoms with Crippen LogP contribution in [-0.4, -0.2) is 16.8 Å². The van der Waals surface area contributed by atoms with Crippen molar-refractivity contribution in [2.75, 3.05) is 0 Å². The van der Waals surface area contributed by atoms with E-state index < -0.39 is 6.03 Å². The highest BCUT2D eigenvalue weighted by Crippen LogP contribution is 2.15. The zero-order valence-corrected chi connectivity index (χ0v) is 4.95. The van der Waals surface area contributed by atoms with E-state index in [4.69, 9.17) is 0 Å². The van der Waals surface area contributed by atoms with Gasteiger partial charge in [0, 0.05) is 6.03 Å². The van der Waals surface area contributed by atoms with Gasteiger partial charge in [0.2, 0.25) is 0 Å². The van der Waals surface area contributed by atoms with E-state index in [1.165, 1.54) is 0 Å². The maximum atomic E-state index is 10.4. The number of rotatable bonds is 0. The topological polar surface area (TPSA) is 107 Å². The van der Waals surface area contributed by atoms with E-state index in [0.29, 0.717) is 0 Å². The predicted octanol–water partition coefficient (Wildman–Crippen LogP) is 0.831. The molecule has 56 valence electrons. The molecule has 0 aromatic heterocycles. The summed E-state index contributed by atoms with van der Waals surface area (Å²) in [6, 6.07) is -0.755. The lowest BCUT2D eigenvalue weighted by Gasteiger charge is -2.07. The van der Waals surface area contributed by atoms with E-state index in [-0.39, 0.29) is 5.96 Å². The lowest BCUT2D eigenvalue weighted by molar-refractivity contribution is -0.724. The van der Waals surface area contributed by atoms with Crippen molar-refractivity contribution in [3.05, 3.63) is 10.9 Å². The van der Waals surface area contributed by atoms with Crippen LogP contribution in [0.25, 0.3) is 10.9 Å². The molecular formula is C2N7O2-. The van der Waals surface area contributed by atoms with Crippen LogP contribution in [0.15, 0.2) is 20.7 Å². The summed E-state index contributed by atoms with van der Waals surface area (Å²) >= 11 is 0. The molecule has 1 fully saturated rings. The van der Waals surface area contributed by atoms with Gasteiger partial charge in [0.05, 0.1) is 20.7 Å². The second-order valence-electron chi connectivity index (χ2n) is 1.51. The Balaban J connectivity index is 2.27. The Bertz CT molecular complexity index is 275. The van der Waals surface area contributed by atoms with Crippen molar-refractivity contribution in [2.45, 2.75) is 0 Å². The molecule has 0 aliphatic carbocycles. The van der Waals surface area contributed by atoms with Gasteiger partial charge in [0.1, 0.15) is 0 Å². The normalized spacial score (nSPS) is 20.2. The fourth-order valence-corrected chi connectivity index (χ4v) is 0.486. The lowest BCUT2D eigenvalue weighted by Crippen LogP contribution is -2.05. The van der Waals surface area contributed by atoms with Crippen LogP contribution in [0.4, 0.5) is 4.79 Å². The fraction of sp³-hybridized carbons (Fsp3) is 0. The summed E-state index contributed by atoms with van der Waals surface area (Å²) in [7, 11) is 0. The number of hydrogen-bond donors (Lipinski definition) is 0. The minimum Gasteiger partial charge on any atom is -0.472 e. The molecule has 11 heavy (non-hydrogen) atoms. The van der Waals surface area contributed by atoms with Crippen molar-refractivity contribution in [1.29, 1.82) is 0 Å². The first-order valence-corrected chi connectivity index (χ1v) is 2.49. The lowest BCUT2D eigenvalue weighted by atomic mass is 11.1. The van der Waals surface area contributed by atoms with E-state index >= 15 is 0 Å². The number of nitrogens with zero attached hydrogens (tertiary/aromatic N) is 7. The molecule has 0 aromatic rings.